The molecule has 1 saturated heterocycles. The maximum Gasteiger partial charge on any atom is 0.107 e. The first-order valence-electron chi connectivity index (χ1n) is 6.44. The van der Waals surface area contributed by atoms with Gasteiger partial charge in [0.2, 0.25) is 0 Å². The molecule has 0 aromatic carbocycles. The molecule has 0 bridgehead atoms. The summed E-state index contributed by atoms with van der Waals surface area (Å²) in [6, 6.07) is 0. The second-order valence-corrected chi connectivity index (χ2v) is 6.86. The summed E-state index contributed by atoms with van der Waals surface area (Å²) in [6.45, 7) is 12.4. The molecule has 0 atom stereocenters. The van der Waals surface area contributed by atoms with Crippen LogP contribution in [-0.2, 0) is 12.0 Å². The van der Waals surface area contributed by atoms with E-state index in [1.54, 1.807) is 0 Å². The summed E-state index contributed by atoms with van der Waals surface area (Å²) in [5.41, 5.74) is 0.232. The van der Waals surface area contributed by atoms with E-state index in [4.69, 9.17) is 0 Å². The van der Waals surface area contributed by atoms with Crippen molar-refractivity contribution in [3.63, 3.8) is 0 Å². The summed E-state index contributed by atoms with van der Waals surface area (Å²) >= 11 is 1.87. The maximum absolute atomic E-state index is 4.56. The van der Waals surface area contributed by atoms with Crippen molar-refractivity contribution in [1.29, 1.82) is 0 Å². The van der Waals surface area contributed by atoms with Crippen LogP contribution in [0.15, 0.2) is 6.20 Å². The molecule has 0 saturated carbocycles. The molecule has 3 nitrogen and oxygen atoms in total. The highest BCUT2D eigenvalue weighted by molar-refractivity contribution is 7.11. The van der Waals surface area contributed by atoms with Crippen LogP contribution in [0.25, 0.3) is 0 Å². The number of hydrogen-bond acceptors (Lipinski definition) is 4. The minimum Gasteiger partial charge on any atom is -0.315 e. The van der Waals surface area contributed by atoms with Crippen molar-refractivity contribution in [2.24, 2.45) is 0 Å². The first-order valence-corrected chi connectivity index (χ1v) is 7.25. The van der Waals surface area contributed by atoms with E-state index < -0.39 is 0 Å². The van der Waals surface area contributed by atoms with Crippen LogP contribution in [0, 0.1) is 0 Å². The van der Waals surface area contributed by atoms with Gasteiger partial charge in [-0.15, -0.1) is 11.3 Å². The maximum atomic E-state index is 4.56. The third-order valence-electron chi connectivity index (χ3n) is 3.08. The Kier molecular flexibility index (Phi) is 4.17. The fourth-order valence-corrected chi connectivity index (χ4v) is 3.00. The highest BCUT2D eigenvalue weighted by Crippen LogP contribution is 2.28. The van der Waals surface area contributed by atoms with E-state index in [1.165, 1.54) is 22.9 Å². The van der Waals surface area contributed by atoms with Gasteiger partial charge in [0.05, 0.1) is 6.54 Å². The molecule has 1 aliphatic heterocycles. The van der Waals surface area contributed by atoms with Gasteiger partial charge in [0, 0.05) is 24.2 Å². The van der Waals surface area contributed by atoms with Gasteiger partial charge in [0.1, 0.15) is 5.01 Å². The van der Waals surface area contributed by atoms with Crippen molar-refractivity contribution in [3.8, 4) is 0 Å². The van der Waals surface area contributed by atoms with Crippen LogP contribution < -0.4 is 5.32 Å². The minimum atomic E-state index is 0.232. The second-order valence-electron chi connectivity index (χ2n) is 5.75. The van der Waals surface area contributed by atoms with Crippen LogP contribution in [0.5, 0.6) is 0 Å². The Morgan fingerprint density at radius 3 is 2.88 bits per heavy atom. The molecule has 0 unspecified atom stereocenters. The Morgan fingerprint density at radius 1 is 1.35 bits per heavy atom. The zero-order valence-electron chi connectivity index (χ0n) is 11.1. The lowest BCUT2D eigenvalue weighted by Gasteiger charge is -2.18. The van der Waals surface area contributed by atoms with Gasteiger partial charge in [-0.1, -0.05) is 20.8 Å². The van der Waals surface area contributed by atoms with Crippen LogP contribution >= 0.6 is 11.3 Å². The molecule has 0 aliphatic carbocycles. The Bertz CT molecular complexity index is 346. The van der Waals surface area contributed by atoms with E-state index in [0.717, 1.165) is 26.2 Å². The van der Waals surface area contributed by atoms with Gasteiger partial charge in [0.25, 0.3) is 0 Å². The molecule has 0 spiro atoms. The Labute approximate surface area is 108 Å². The summed E-state index contributed by atoms with van der Waals surface area (Å²) in [5.74, 6) is 0. The molecule has 96 valence electrons. The lowest BCUT2D eigenvalue weighted by molar-refractivity contribution is 0.284. The number of thiazole rings is 1. The van der Waals surface area contributed by atoms with E-state index in [9.17, 15) is 0 Å². The number of rotatable bonds is 2. The van der Waals surface area contributed by atoms with Crippen molar-refractivity contribution in [2.75, 3.05) is 26.2 Å². The normalized spacial score (nSPS) is 19.2. The molecule has 0 radical (unpaired) electrons. The van der Waals surface area contributed by atoms with E-state index in [-0.39, 0.29) is 5.41 Å². The molecular formula is C13H23N3S. The molecule has 1 N–H and O–H groups in total. The van der Waals surface area contributed by atoms with Crippen LogP contribution in [-0.4, -0.2) is 36.1 Å². The van der Waals surface area contributed by atoms with Gasteiger partial charge < -0.3 is 5.32 Å². The van der Waals surface area contributed by atoms with Crippen molar-refractivity contribution in [2.45, 2.75) is 39.2 Å². The van der Waals surface area contributed by atoms with Crippen LogP contribution in [0.2, 0.25) is 0 Å². The zero-order chi connectivity index (χ0) is 12.3. The van der Waals surface area contributed by atoms with Gasteiger partial charge in [-0.3, -0.25) is 4.90 Å². The summed E-state index contributed by atoms with van der Waals surface area (Å²) in [4.78, 5) is 8.46. The molecule has 0 amide bonds. The third-order valence-corrected chi connectivity index (χ3v) is 4.49. The standard InChI is InChI=1S/C13H23N3S/c1-13(2,3)11-9-15-12(17-11)10-16-7-4-5-14-6-8-16/h9,14H,4-8,10H2,1-3H3. The van der Waals surface area contributed by atoms with Crippen molar-refractivity contribution >= 4 is 11.3 Å². The van der Waals surface area contributed by atoms with Crippen molar-refractivity contribution in [3.05, 3.63) is 16.1 Å². The molecule has 1 aromatic heterocycles. The highest BCUT2D eigenvalue weighted by Gasteiger charge is 2.18. The second kappa shape index (κ2) is 5.46. The van der Waals surface area contributed by atoms with E-state index in [1.807, 2.05) is 11.3 Å². The van der Waals surface area contributed by atoms with Gasteiger partial charge >= 0.3 is 0 Å². The summed E-state index contributed by atoms with van der Waals surface area (Å²) < 4.78 is 0. The molecule has 1 fully saturated rings. The van der Waals surface area contributed by atoms with Gasteiger partial charge in [0.15, 0.2) is 0 Å². The van der Waals surface area contributed by atoms with Gasteiger partial charge in [-0.25, -0.2) is 4.98 Å². The number of hydrogen-bond donors (Lipinski definition) is 1. The predicted octanol–water partition coefficient (Wildman–Crippen LogP) is 2.24. The number of aromatic nitrogens is 1. The molecule has 1 aromatic rings. The number of nitrogens with one attached hydrogen (secondary N) is 1. The average molecular weight is 253 g/mol. The van der Waals surface area contributed by atoms with Crippen LogP contribution in [0.3, 0.4) is 0 Å². The zero-order valence-corrected chi connectivity index (χ0v) is 11.9. The smallest absolute Gasteiger partial charge is 0.107 e. The fourth-order valence-electron chi connectivity index (χ4n) is 1.98. The van der Waals surface area contributed by atoms with E-state index in [0.29, 0.717) is 0 Å². The molecule has 17 heavy (non-hydrogen) atoms. The lowest BCUT2D eigenvalue weighted by Crippen LogP contribution is -2.27. The minimum absolute atomic E-state index is 0.232. The molecular weight excluding hydrogens is 230 g/mol. The quantitative estimate of drug-likeness (QED) is 0.876. The van der Waals surface area contributed by atoms with Gasteiger partial charge in [-0.05, 0) is 24.9 Å². The summed E-state index contributed by atoms with van der Waals surface area (Å²) in [6.07, 6.45) is 3.30. The predicted molar refractivity (Wildman–Crippen MR) is 73.6 cm³/mol. The third kappa shape index (κ3) is 3.76. The molecule has 4 heteroatoms. The van der Waals surface area contributed by atoms with Crippen LogP contribution in [0.4, 0.5) is 0 Å². The topological polar surface area (TPSA) is 28.2 Å². The largest absolute Gasteiger partial charge is 0.315 e. The number of nitrogens with zero attached hydrogens (tertiary/aromatic N) is 2. The first-order chi connectivity index (χ1) is 8.05. The van der Waals surface area contributed by atoms with E-state index in [2.05, 4.69) is 42.2 Å². The average Bonchev–Trinajstić information content (AvgIpc) is 2.56. The lowest BCUT2D eigenvalue weighted by atomic mass is 9.96. The Morgan fingerprint density at radius 2 is 2.18 bits per heavy atom. The first kappa shape index (κ1) is 13.0. The van der Waals surface area contributed by atoms with Crippen molar-refractivity contribution in [1.82, 2.24) is 15.2 Å². The highest BCUT2D eigenvalue weighted by atomic mass is 32.1. The van der Waals surface area contributed by atoms with Gasteiger partial charge in [-0.2, -0.15) is 0 Å². The molecule has 2 rings (SSSR count). The monoisotopic (exact) mass is 253 g/mol. The molecule has 2 heterocycles. The molecule has 1 aliphatic rings. The Balaban J connectivity index is 1.96. The van der Waals surface area contributed by atoms with Crippen molar-refractivity contribution < 1.29 is 0 Å². The Hall–Kier alpha value is -0.450. The van der Waals surface area contributed by atoms with Crippen LogP contribution in [0.1, 0.15) is 37.1 Å². The SMILES string of the molecule is CC(C)(C)c1cnc(CN2CCCNCC2)s1. The fraction of sp³-hybridized carbons (Fsp3) is 0.769. The summed E-state index contributed by atoms with van der Waals surface area (Å²) in [7, 11) is 0. The van der Waals surface area contributed by atoms with E-state index >= 15 is 0 Å². The summed E-state index contributed by atoms with van der Waals surface area (Å²) in [5, 5.41) is 4.69.